The third-order valence-electron chi connectivity index (χ3n) is 3.92. The first kappa shape index (κ1) is 12.6. The smallest absolute Gasteiger partial charge is 0.0329 e. The summed E-state index contributed by atoms with van der Waals surface area (Å²) in [6, 6.07) is 5.50. The molecule has 0 aromatic carbocycles. The highest BCUT2D eigenvalue weighted by Gasteiger charge is 2.31. The molecular weight excluding hydrogens is 242 g/mol. The number of hydrogen-bond acceptors (Lipinski definition) is 4. The number of nitrogens with one attached hydrogen (secondary N) is 1. The monoisotopic (exact) mass is 265 g/mol. The second-order valence-electron chi connectivity index (χ2n) is 5.44. The summed E-state index contributed by atoms with van der Waals surface area (Å²) < 4.78 is 0. The summed E-state index contributed by atoms with van der Waals surface area (Å²) >= 11 is 1.95. The molecule has 2 aliphatic rings. The minimum absolute atomic E-state index is 0.941. The quantitative estimate of drug-likeness (QED) is 0.875. The molecule has 4 heteroatoms. The van der Waals surface area contributed by atoms with Crippen LogP contribution in [0.1, 0.15) is 22.6 Å². The van der Waals surface area contributed by atoms with Crippen molar-refractivity contribution in [3.63, 3.8) is 0 Å². The standard InChI is InChI=1S/C14H23N3S/c1-15-10-13-4-5-14(18-13)11-16-6-8-17(9-7-16)12-2-3-12/h4-5,12,15H,2-3,6-11H2,1H3. The van der Waals surface area contributed by atoms with Crippen molar-refractivity contribution in [1.82, 2.24) is 15.1 Å². The summed E-state index contributed by atoms with van der Waals surface area (Å²) in [4.78, 5) is 8.25. The molecule has 100 valence electrons. The van der Waals surface area contributed by atoms with Gasteiger partial charge in [-0.1, -0.05) is 0 Å². The lowest BCUT2D eigenvalue weighted by Gasteiger charge is -2.34. The minimum atomic E-state index is 0.941. The number of rotatable bonds is 5. The molecule has 0 spiro atoms. The fraction of sp³-hybridized carbons (Fsp3) is 0.714. The average molecular weight is 265 g/mol. The van der Waals surface area contributed by atoms with Crippen molar-refractivity contribution < 1.29 is 0 Å². The van der Waals surface area contributed by atoms with E-state index in [2.05, 4.69) is 27.2 Å². The van der Waals surface area contributed by atoms with E-state index in [-0.39, 0.29) is 0 Å². The molecule has 2 heterocycles. The van der Waals surface area contributed by atoms with Crippen molar-refractivity contribution in [1.29, 1.82) is 0 Å². The first-order chi connectivity index (χ1) is 8.85. The molecule has 1 N–H and O–H groups in total. The van der Waals surface area contributed by atoms with Crippen LogP contribution in [0.15, 0.2) is 12.1 Å². The molecule has 1 saturated heterocycles. The summed E-state index contributed by atoms with van der Waals surface area (Å²) in [6.45, 7) is 7.19. The van der Waals surface area contributed by atoms with Crippen molar-refractivity contribution in [2.45, 2.75) is 32.0 Å². The predicted octanol–water partition coefficient (Wildman–Crippen LogP) is 1.75. The van der Waals surface area contributed by atoms with E-state index in [9.17, 15) is 0 Å². The number of hydrogen-bond donors (Lipinski definition) is 1. The lowest BCUT2D eigenvalue weighted by Crippen LogP contribution is -2.46. The Labute approximate surface area is 114 Å². The van der Waals surface area contributed by atoms with Crippen molar-refractivity contribution in [3.05, 3.63) is 21.9 Å². The summed E-state index contributed by atoms with van der Waals surface area (Å²) in [5.74, 6) is 0. The maximum absolute atomic E-state index is 3.22. The van der Waals surface area contributed by atoms with E-state index >= 15 is 0 Å². The summed E-state index contributed by atoms with van der Waals surface area (Å²) in [5.41, 5.74) is 0. The predicted molar refractivity (Wildman–Crippen MR) is 77.0 cm³/mol. The van der Waals surface area contributed by atoms with Crippen LogP contribution in [0.5, 0.6) is 0 Å². The van der Waals surface area contributed by atoms with E-state index < -0.39 is 0 Å². The minimum Gasteiger partial charge on any atom is -0.315 e. The normalized spacial score (nSPS) is 22.5. The molecule has 0 amide bonds. The van der Waals surface area contributed by atoms with Gasteiger partial charge in [0.2, 0.25) is 0 Å². The van der Waals surface area contributed by atoms with Crippen LogP contribution >= 0.6 is 11.3 Å². The molecule has 0 radical (unpaired) electrons. The van der Waals surface area contributed by atoms with E-state index in [0.717, 1.165) is 19.1 Å². The van der Waals surface area contributed by atoms with Gasteiger partial charge in [-0.25, -0.2) is 0 Å². The zero-order chi connectivity index (χ0) is 12.4. The molecule has 18 heavy (non-hydrogen) atoms. The molecule has 0 unspecified atom stereocenters. The molecule has 3 nitrogen and oxygen atoms in total. The van der Waals surface area contributed by atoms with Gasteiger partial charge in [0.15, 0.2) is 0 Å². The molecule has 0 atom stereocenters. The Bertz CT molecular complexity index is 378. The van der Waals surface area contributed by atoms with E-state index in [1.807, 2.05) is 18.4 Å². The van der Waals surface area contributed by atoms with Crippen LogP contribution in [0.25, 0.3) is 0 Å². The van der Waals surface area contributed by atoms with Crippen LogP contribution < -0.4 is 5.32 Å². The molecule has 1 saturated carbocycles. The first-order valence-corrected chi connectivity index (χ1v) is 7.85. The van der Waals surface area contributed by atoms with Gasteiger partial charge in [-0.05, 0) is 32.0 Å². The molecular formula is C14H23N3S. The molecule has 1 aliphatic heterocycles. The van der Waals surface area contributed by atoms with Gasteiger partial charge in [-0.3, -0.25) is 9.80 Å². The van der Waals surface area contributed by atoms with Crippen LogP contribution in [0.3, 0.4) is 0 Å². The summed E-state index contributed by atoms with van der Waals surface area (Å²) in [6.07, 6.45) is 2.89. The van der Waals surface area contributed by atoms with Crippen LogP contribution in [-0.2, 0) is 13.1 Å². The Hall–Kier alpha value is -0.420. The fourth-order valence-corrected chi connectivity index (χ4v) is 3.80. The Kier molecular flexibility index (Phi) is 3.99. The third-order valence-corrected chi connectivity index (χ3v) is 4.99. The maximum atomic E-state index is 3.22. The largest absolute Gasteiger partial charge is 0.315 e. The molecule has 1 aliphatic carbocycles. The lowest BCUT2D eigenvalue weighted by atomic mass is 10.3. The Morgan fingerprint density at radius 3 is 2.56 bits per heavy atom. The molecule has 3 rings (SSSR count). The highest BCUT2D eigenvalue weighted by molar-refractivity contribution is 7.11. The van der Waals surface area contributed by atoms with Gasteiger partial charge in [0, 0.05) is 55.1 Å². The zero-order valence-electron chi connectivity index (χ0n) is 11.2. The Morgan fingerprint density at radius 1 is 1.17 bits per heavy atom. The highest BCUT2D eigenvalue weighted by Crippen LogP contribution is 2.28. The van der Waals surface area contributed by atoms with Gasteiger partial charge in [0.1, 0.15) is 0 Å². The van der Waals surface area contributed by atoms with Gasteiger partial charge >= 0.3 is 0 Å². The van der Waals surface area contributed by atoms with Gasteiger partial charge in [0.05, 0.1) is 0 Å². The lowest BCUT2D eigenvalue weighted by molar-refractivity contribution is 0.122. The van der Waals surface area contributed by atoms with Crippen molar-refractivity contribution in [2.75, 3.05) is 33.2 Å². The zero-order valence-corrected chi connectivity index (χ0v) is 12.0. The van der Waals surface area contributed by atoms with E-state index in [1.54, 1.807) is 0 Å². The number of nitrogens with zero attached hydrogens (tertiary/aromatic N) is 2. The van der Waals surface area contributed by atoms with Gasteiger partial charge in [-0.2, -0.15) is 0 Å². The maximum Gasteiger partial charge on any atom is 0.0329 e. The second kappa shape index (κ2) is 5.70. The van der Waals surface area contributed by atoms with Crippen LogP contribution in [0, 0.1) is 0 Å². The van der Waals surface area contributed by atoms with Crippen LogP contribution in [0.2, 0.25) is 0 Å². The average Bonchev–Trinajstić information content (AvgIpc) is 3.14. The molecule has 2 fully saturated rings. The molecule has 0 bridgehead atoms. The Morgan fingerprint density at radius 2 is 1.89 bits per heavy atom. The van der Waals surface area contributed by atoms with Crippen molar-refractivity contribution in [2.24, 2.45) is 0 Å². The Balaban J connectivity index is 1.47. The highest BCUT2D eigenvalue weighted by atomic mass is 32.1. The van der Waals surface area contributed by atoms with E-state index in [0.29, 0.717) is 0 Å². The van der Waals surface area contributed by atoms with Crippen LogP contribution in [0.4, 0.5) is 0 Å². The van der Waals surface area contributed by atoms with Gasteiger partial charge in [-0.15, -0.1) is 11.3 Å². The number of thiophene rings is 1. The molecule has 1 aromatic rings. The fourth-order valence-electron chi connectivity index (χ4n) is 2.72. The SMILES string of the molecule is CNCc1ccc(CN2CCN(C3CC3)CC2)s1. The summed E-state index contributed by atoms with van der Waals surface area (Å²) in [7, 11) is 2.01. The van der Waals surface area contributed by atoms with E-state index in [4.69, 9.17) is 0 Å². The van der Waals surface area contributed by atoms with E-state index in [1.165, 1.54) is 48.8 Å². The summed E-state index contributed by atoms with van der Waals surface area (Å²) in [5, 5.41) is 3.22. The van der Waals surface area contributed by atoms with Gasteiger partial charge in [0.25, 0.3) is 0 Å². The third kappa shape index (κ3) is 3.12. The van der Waals surface area contributed by atoms with Crippen molar-refractivity contribution in [3.8, 4) is 0 Å². The van der Waals surface area contributed by atoms with Crippen molar-refractivity contribution >= 4 is 11.3 Å². The molecule has 1 aromatic heterocycles. The number of piperazine rings is 1. The van der Waals surface area contributed by atoms with Gasteiger partial charge < -0.3 is 5.32 Å². The first-order valence-electron chi connectivity index (χ1n) is 7.04. The second-order valence-corrected chi connectivity index (χ2v) is 6.69. The topological polar surface area (TPSA) is 18.5 Å². The van der Waals surface area contributed by atoms with Crippen LogP contribution in [-0.4, -0.2) is 49.1 Å².